The third-order valence-corrected chi connectivity index (χ3v) is 4.22. The SMILES string of the molecule is CCCN(CCO)S(=O)(=O)c1c[nH]c(C(=O)O)c1. The van der Waals surface area contributed by atoms with Gasteiger partial charge in [-0.1, -0.05) is 6.92 Å². The van der Waals surface area contributed by atoms with Crippen LogP contribution in [0.1, 0.15) is 23.8 Å². The molecule has 0 aliphatic rings. The Morgan fingerprint density at radius 2 is 2.11 bits per heavy atom. The number of H-pyrrole nitrogens is 1. The van der Waals surface area contributed by atoms with Crippen molar-refractivity contribution in [3.63, 3.8) is 0 Å². The molecule has 8 heteroatoms. The molecule has 0 atom stereocenters. The number of sulfonamides is 1. The highest BCUT2D eigenvalue weighted by Gasteiger charge is 2.25. The second-order valence-corrected chi connectivity index (χ2v) is 5.62. The number of aromatic carboxylic acids is 1. The first-order chi connectivity index (χ1) is 8.43. The van der Waals surface area contributed by atoms with Crippen LogP contribution in [-0.2, 0) is 10.0 Å². The van der Waals surface area contributed by atoms with Crippen molar-refractivity contribution in [1.82, 2.24) is 9.29 Å². The maximum Gasteiger partial charge on any atom is 0.352 e. The number of aliphatic hydroxyl groups is 1. The molecule has 1 rings (SSSR count). The highest BCUT2D eigenvalue weighted by atomic mass is 32.2. The van der Waals surface area contributed by atoms with E-state index in [9.17, 15) is 13.2 Å². The van der Waals surface area contributed by atoms with Crippen LogP contribution in [0.5, 0.6) is 0 Å². The highest BCUT2D eigenvalue weighted by molar-refractivity contribution is 7.89. The van der Waals surface area contributed by atoms with Gasteiger partial charge in [-0.2, -0.15) is 4.31 Å². The molecule has 0 amide bonds. The molecule has 0 spiro atoms. The third-order valence-electron chi connectivity index (χ3n) is 2.35. The van der Waals surface area contributed by atoms with Crippen molar-refractivity contribution >= 4 is 16.0 Å². The summed E-state index contributed by atoms with van der Waals surface area (Å²) in [6, 6.07) is 1.07. The number of aromatic nitrogens is 1. The fourth-order valence-electron chi connectivity index (χ4n) is 1.51. The number of carbonyl (C=O) groups is 1. The lowest BCUT2D eigenvalue weighted by Gasteiger charge is -2.19. The number of rotatable bonds is 7. The van der Waals surface area contributed by atoms with E-state index in [0.29, 0.717) is 6.42 Å². The van der Waals surface area contributed by atoms with Crippen LogP contribution in [0.2, 0.25) is 0 Å². The van der Waals surface area contributed by atoms with Crippen LogP contribution in [0.3, 0.4) is 0 Å². The normalized spacial score (nSPS) is 11.9. The Hall–Kier alpha value is -1.38. The fourth-order valence-corrected chi connectivity index (χ4v) is 3.03. The van der Waals surface area contributed by atoms with Gasteiger partial charge in [0.05, 0.1) is 6.61 Å². The number of hydrogen-bond acceptors (Lipinski definition) is 4. The lowest BCUT2D eigenvalue weighted by molar-refractivity contribution is 0.0691. The Bertz CT molecular complexity index is 502. The highest BCUT2D eigenvalue weighted by Crippen LogP contribution is 2.17. The van der Waals surface area contributed by atoms with Gasteiger partial charge in [-0.25, -0.2) is 13.2 Å². The summed E-state index contributed by atoms with van der Waals surface area (Å²) in [5, 5.41) is 17.6. The van der Waals surface area contributed by atoms with Crippen molar-refractivity contribution in [3.8, 4) is 0 Å². The number of carboxylic acids is 1. The molecule has 0 saturated carbocycles. The van der Waals surface area contributed by atoms with Crippen LogP contribution in [0, 0.1) is 0 Å². The van der Waals surface area contributed by atoms with E-state index in [2.05, 4.69) is 4.98 Å². The van der Waals surface area contributed by atoms with Gasteiger partial charge in [0.25, 0.3) is 0 Å². The summed E-state index contributed by atoms with van der Waals surface area (Å²) in [6.45, 7) is 1.80. The number of aliphatic hydroxyl groups excluding tert-OH is 1. The summed E-state index contributed by atoms with van der Waals surface area (Å²) >= 11 is 0. The molecule has 0 saturated heterocycles. The average Bonchev–Trinajstić information content (AvgIpc) is 2.78. The maximum absolute atomic E-state index is 12.2. The Morgan fingerprint density at radius 3 is 2.56 bits per heavy atom. The molecule has 1 aromatic heterocycles. The van der Waals surface area contributed by atoms with Crippen LogP contribution in [-0.4, -0.2) is 53.6 Å². The van der Waals surface area contributed by atoms with Gasteiger partial charge in [-0.05, 0) is 12.5 Å². The van der Waals surface area contributed by atoms with Gasteiger partial charge in [0.2, 0.25) is 10.0 Å². The van der Waals surface area contributed by atoms with Crippen LogP contribution in [0.4, 0.5) is 0 Å². The molecule has 7 nitrogen and oxygen atoms in total. The topological polar surface area (TPSA) is 111 Å². The van der Waals surface area contributed by atoms with Crippen LogP contribution >= 0.6 is 0 Å². The summed E-state index contributed by atoms with van der Waals surface area (Å²) < 4.78 is 25.4. The third kappa shape index (κ3) is 3.09. The van der Waals surface area contributed by atoms with E-state index >= 15 is 0 Å². The van der Waals surface area contributed by atoms with Gasteiger partial charge >= 0.3 is 5.97 Å². The van der Waals surface area contributed by atoms with Crippen LogP contribution in [0.25, 0.3) is 0 Å². The summed E-state index contributed by atoms with van der Waals surface area (Å²) in [6.07, 6.45) is 1.74. The largest absolute Gasteiger partial charge is 0.477 e. The van der Waals surface area contributed by atoms with E-state index < -0.39 is 16.0 Å². The van der Waals surface area contributed by atoms with E-state index in [1.54, 1.807) is 0 Å². The summed E-state index contributed by atoms with van der Waals surface area (Å²) in [5.74, 6) is -1.22. The molecule has 0 fully saturated rings. The first kappa shape index (κ1) is 14.7. The summed E-state index contributed by atoms with van der Waals surface area (Å²) in [7, 11) is -3.76. The van der Waals surface area contributed by atoms with Crippen molar-refractivity contribution in [2.24, 2.45) is 0 Å². The molecule has 0 aliphatic heterocycles. The van der Waals surface area contributed by atoms with Crippen molar-refractivity contribution in [2.75, 3.05) is 19.7 Å². The van der Waals surface area contributed by atoms with E-state index in [0.717, 1.165) is 16.6 Å². The molecular weight excluding hydrogens is 260 g/mol. The second kappa shape index (κ2) is 5.98. The maximum atomic E-state index is 12.2. The minimum Gasteiger partial charge on any atom is -0.477 e. The lowest BCUT2D eigenvalue weighted by Crippen LogP contribution is -2.34. The van der Waals surface area contributed by atoms with E-state index in [4.69, 9.17) is 10.2 Å². The first-order valence-corrected chi connectivity index (χ1v) is 6.90. The molecule has 1 aromatic rings. The number of nitrogens with one attached hydrogen (secondary N) is 1. The van der Waals surface area contributed by atoms with E-state index in [1.807, 2.05) is 6.92 Å². The van der Waals surface area contributed by atoms with Crippen molar-refractivity contribution < 1.29 is 23.4 Å². The smallest absolute Gasteiger partial charge is 0.352 e. The van der Waals surface area contributed by atoms with E-state index in [-0.39, 0.29) is 30.3 Å². The average molecular weight is 276 g/mol. The zero-order chi connectivity index (χ0) is 13.8. The molecule has 18 heavy (non-hydrogen) atoms. The van der Waals surface area contributed by atoms with Crippen molar-refractivity contribution in [2.45, 2.75) is 18.2 Å². The minimum absolute atomic E-state index is 0.0102. The number of carboxylic acid groups (broad SMARTS) is 1. The molecular formula is C10H16N2O5S. The van der Waals surface area contributed by atoms with Gasteiger partial charge in [-0.15, -0.1) is 0 Å². The Labute approximate surface area is 105 Å². The molecule has 102 valence electrons. The zero-order valence-electron chi connectivity index (χ0n) is 9.96. The predicted octanol–water partition coefficient (Wildman–Crippen LogP) is 0.106. The molecule has 0 bridgehead atoms. The summed E-state index contributed by atoms with van der Waals surface area (Å²) in [5.41, 5.74) is -0.186. The van der Waals surface area contributed by atoms with Crippen molar-refractivity contribution in [3.05, 3.63) is 18.0 Å². The Morgan fingerprint density at radius 1 is 1.44 bits per heavy atom. The first-order valence-electron chi connectivity index (χ1n) is 5.46. The molecule has 0 aromatic carbocycles. The molecule has 0 unspecified atom stereocenters. The van der Waals surface area contributed by atoms with Crippen LogP contribution < -0.4 is 0 Å². The van der Waals surface area contributed by atoms with Gasteiger partial charge in [0.1, 0.15) is 10.6 Å². The zero-order valence-corrected chi connectivity index (χ0v) is 10.8. The lowest BCUT2D eigenvalue weighted by atomic mass is 10.4. The fraction of sp³-hybridized carbons (Fsp3) is 0.500. The number of hydrogen-bond donors (Lipinski definition) is 3. The second-order valence-electron chi connectivity index (χ2n) is 3.68. The van der Waals surface area contributed by atoms with Crippen molar-refractivity contribution in [1.29, 1.82) is 0 Å². The molecule has 0 radical (unpaired) electrons. The summed E-state index contributed by atoms with van der Waals surface area (Å²) in [4.78, 5) is 13.0. The number of aromatic amines is 1. The molecule has 0 aliphatic carbocycles. The predicted molar refractivity (Wildman–Crippen MR) is 63.9 cm³/mol. The molecule has 3 N–H and O–H groups in total. The quantitative estimate of drug-likeness (QED) is 0.654. The Kier molecular flexibility index (Phi) is 4.88. The van der Waals surface area contributed by atoms with E-state index in [1.165, 1.54) is 0 Å². The Balaban J connectivity index is 3.05. The monoisotopic (exact) mass is 276 g/mol. The van der Waals surface area contributed by atoms with Crippen LogP contribution in [0.15, 0.2) is 17.2 Å². The van der Waals surface area contributed by atoms with Gasteiger partial charge in [0, 0.05) is 19.3 Å². The minimum atomic E-state index is -3.76. The molecule has 1 heterocycles. The standard InChI is InChI=1S/C10H16N2O5S/c1-2-3-12(4-5-13)18(16,17)8-6-9(10(14)15)11-7-8/h6-7,11,13H,2-5H2,1H3,(H,14,15). The van der Waals surface area contributed by atoms with Gasteiger partial charge < -0.3 is 15.2 Å². The van der Waals surface area contributed by atoms with Gasteiger partial charge in [0.15, 0.2) is 0 Å². The number of nitrogens with zero attached hydrogens (tertiary/aromatic N) is 1. The van der Waals surface area contributed by atoms with Gasteiger partial charge in [-0.3, -0.25) is 0 Å².